The van der Waals surface area contributed by atoms with Gasteiger partial charge < -0.3 is 19.3 Å². The molecule has 0 radical (unpaired) electrons. The smallest absolute Gasteiger partial charge is 0.333 e. The number of benzene rings is 2. The van der Waals surface area contributed by atoms with Gasteiger partial charge in [0.15, 0.2) is 11.5 Å². The highest BCUT2D eigenvalue weighted by Gasteiger charge is 2.10. The largest absolute Gasteiger partial charge is 0.487 e. The van der Waals surface area contributed by atoms with Crippen LogP contribution < -0.4 is 9.47 Å². The average molecular weight is 384 g/mol. The van der Waals surface area contributed by atoms with Crippen LogP contribution in [0.25, 0.3) is 11.1 Å². The molecule has 0 amide bonds. The van der Waals surface area contributed by atoms with Crippen LogP contribution in [0.15, 0.2) is 54.6 Å². The first-order valence-corrected chi connectivity index (χ1v) is 9.47. The summed E-state index contributed by atoms with van der Waals surface area (Å²) in [4.78, 5) is 11.4. The third kappa shape index (κ3) is 6.43. The van der Waals surface area contributed by atoms with Gasteiger partial charge in [-0.3, -0.25) is 0 Å². The summed E-state index contributed by atoms with van der Waals surface area (Å²) in [7, 11) is 0. The van der Waals surface area contributed by atoms with Crippen molar-refractivity contribution in [3.8, 4) is 22.6 Å². The van der Waals surface area contributed by atoms with Gasteiger partial charge in [0.1, 0.15) is 19.8 Å². The number of rotatable bonds is 11. The molecule has 2 rings (SSSR count). The van der Waals surface area contributed by atoms with E-state index in [1.165, 1.54) is 5.56 Å². The average Bonchev–Trinajstić information content (AvgIpc) is 2.70. The van der Waals surface area contributed by atoms with E-state index in [0.717, 1.165) is 24.0 Å². The van der Waals surface area contributed by atoms with Gasteiger partial charge in [0.05, 0.1) is 6.61 Å². The first kappa shape index (κ1) is 21.5. The molecule has 0 fully saturated rings. The van der Waals surface area contributed by atoms with Crippen molar-refractivity contribution >= 4 is 5.97 Å². The van der Waals surface area contributed by atoms with Gasteiger partial charge in [-0.1, -0.05) is 50.3 Å². The Morgan fingerprint density at radius 2 is 1.64 bits per heavy atom. The molecule has 0 aliphatic rings. The quantitative estimate of drug-likeness (QED) is 0.358. The zero-order valence-corrected chi connectivity index (χ0v) is 16.6. The lowest BCUT2D eigenvalue weighted by molar-refractivity contribution is -0.139. The van der Waals surface area contributed by atoms with Gasteiger partial charge >= 0.3 is 5.97 Å². The molecule has 0 bridgehead atoms. The number of esters is 1. The van der Waals surface area contributed by atoms with Gasteiger partial charge in [0, 0.05) is 5.57 Å². The van der Waals surface area contributed by atoms with Crippen LogP contribution in [0.4, 0.5) is 0 Å². The maximum Gasteiger partial charge on any atom is 0.333 e. The van der Waals surface area contributed by atoms with Gasteiger partial charge in [0.2, 0.25) is 0 Å². The van der Waals surface area contributed by atoms with Crippen molar-refractivity contribution in [1.82, 2.24) is 0 Å². The predicted molar refractivity (Wildman–Crippen MR) is 110 cm³/mol. The Labute approximate surface area is 166 Å². The van der Waals surface area contributed by atoms with Gasteiger partial charge in [-0.05, 0) is 42.2 Å². The van der Waals surface area contributed by atoms with Gasteiger partial charge in [-0.15, -0.1) is 0 Å². The summed E-state index contributed by atoms with van der Waals surface area (Å²) in [5.74, 6) is 0.628. The molecule has 5 heteroatoms. The SMILES string of the molecule is C=C(C)C(=O)OCCOc1cc(-c2ccc(CCC)cc2)ccc1OCCO. The molecule has 0 saturated carbocycles. The van der Waals surface area contributed by atoms with Crippen LogP contribution in [0, 0.1) is 0 Å². The number of hydrogen-bond acceptors (Lipinski definition) is 5. The number of aliphatic hydroxyl groups excluding tert-OH is 1. The van der Waals surface area contributed by atoms with Crippen LogP contribution in [0.3, 0.4) is 0 Å². The summed E-state index contributed by atoms with van der Waals surface area (Å²) in [6.07, 6.45) is 2.18. The zero-order valence-electron chi connectivity index (χ0n) is 16.6. The zero-order chi connectivity index (χ0) is 20.4. The van der Waals surface area contributed by atoms with Gasteiger partial charge in [-0.2, -0.15) is 0 Å². The Hall–Kier alpha value is -2.79. The molecule has 0 aliphatic heterocycles. The number of hydrogen-bond donors (Lipinski definition) is 1. The molecule has 0 aromatic heterocycles. The monoisotopic (exact) mass is 384 g/mol. The summed E-state index contributed by atoms with van der Waals surface area (Å²) in [5.41, 5.74) is 3.73. The topological polar surface area (TPSA) is 65.0 Å². The standard InChI is InChI=1S/C23H28O5/c1-4-5-18-6-8-19(9-7-18)20-10-11-21(26-13-12-24)22(16-20)27-14-15-28-23(25)17(2)3/h6-11,16,24H,2,4-5,12-15H2,1,3H3. The minimum atomic E-state index is -0.443. The molecular weight excluding hydrogens is 356 g/mol. The van der Waals surface area contributed by atoms with Crippen LogP contribution in [0.1, 0.15) is 25.8 Å². The van der Waals surface area contributed by atoms with E-state index in [4.69, 9.17) is 19.3 Å². The van der Waals surface area contributed by atoms with E-state index >= 15 is 0 Å². The summed E-state index contributed by atoms with van der Waals surface area (Å²) in [5, 5.41) is 9.02. The molecule has 1 N–H and O–H groups in total. The second kappa shape index (κ2) is 11.1. The van der Waals surface area contributed by atoms with Crippen molar-refractivity contribution < 1.29 is 24.1 Å². The van der Waals surface area contributed by atoms with E-state index in [9.17, 15) is 4.79 Å². The predicted octanol–water partition coefficient (Wildman–Crippen LogP) is 4.18. The summed E-state index contributed by atoms with van der Waals surface area (Å²) in [6, 6.07) is 14.1. The maximum absolute atomic E-state index is 11.4. The minimum absolute atomic E-state index is 0.0870. The normalized spacial score (nSPS) is 10.4. The van der Waals surface area contributed by atoms with E-state index in [1.54, 1.807) is 6.92 Å². The molecule has 0 atom stereocenters. The van der Waals surface area contributed by atoms with Crippen molar-refractivity contribution in [3.63, 3.8) is 0 Å². The van der Waals surface area contributed by atoms with Crippen LogP contribution in [-0.4, -0.2) is 37.5 Å². The van der Waals surface area contributed by atoms with E-state index in [-0.39, 0.29) is 26.4 Å². The molecule has 0 aliphatic carbocycles. The number of aliphatic hydroxyl groups is 1. The summed E-state index contributed by atoms with van der Waals surface area (Å²) < 4.78 is 16.4. The minimum Gasteiger partial charge on any atom is -0.487 e. The van der Waals surface area contributed by atoms with Crippen LogP contribution in [-0.2, 0) is 16.0 Å². The molecule has 5 nitrogen and oxygen atoms in total. The Morgan fingerprint density at radius 3 is 2.29 bits per heavy atom. The lowest BCUT2D eigenvalue weighted by Gasteiger charge is -2.14. The first-order valence-electron chi connectivity index (χ1n) is 9.47. The number of aryl methyl sites for hydroxylation is 1. The van der Waals surface area contributed by atoms with Crippen molar-refractivity contribution in [2.24, 2.45) is 0 Å². The molecular formula is C23H28O5. The maximum atomic E-state index is 11.4. The molecule has 150 valence electrons. The molecule has 28 heavy (non-hydrogen) atoms. The molecule has 2 aromatic rings. The Bertz CT molecular complexity index is 780. The van der Waals surface area contributed by atoms with E-state index in [0.29, 0.717) is 17.1 Å². The molecule has 0 saturated heterocycles. The lowest BCUT2D eigenvalue weighted by atomic mass is 10.0. The summed E-state index contributed by atoms with van der Waals surface area (Å²) >= 11 is 0. The summed E-state index contributed by atoms with van der Waals surface area (Å²) in [6.45, 7) is 7.69. The van der Waals surface area contributed by atoms with Crippen LogP contribution >= 0.6 is 0 Å². The van der Waals surface area contributed by atoms with Crippen molar-refractivity contribution in [3.05, 3.63) is 60.2 Å². The van der Waals surface area contributed by atoms with E-state index in [1.807, 2.05) is 18.2 Å². The molecule has 0 heterocycles. The fraction of sp³-hybridized carbons (Fsp3) is 0.348. The number of carbonyl (C=O) groups excluding carboxylic acids is 1. The Kier molecular flexibility index (Phi) is 8.56. The van der Waals surface area contributed by atoms with Crippen molar-refractivity contribution in [2.75, 3.05) is 26.4 Å². The van der Waals surface area contributed by atoms with Gasteiger partial charge in [-0.25, -0.2) is 4.79 Å². The third-order valence-corrected chi connectivity index (χ3v) is 4.04. The molecule has 0 spiro atoms. The Balaban J connectivity index is 2.12. The second-order valence-corrected chi connectivity index (χ2v) is 6.45. The van der Waals surface area contributed by atoms with Crippen molar-refractivity contribution in [2.45, 2.75) is 26.7 Å². The van der Waals surface area contributed by atoms with E-state index < -0.39 is 5.97 Å². The van der Waals surface area contributed by atoms with E-state index in [2.05, 4.69) is 37.8 Å². The fourth-order valence-electron chi connectivity index (χ4n) is 2.64. The third-order valence-electron chi connectivity index (χ3n) is 4.04. The van der Waals surface area contributed by atoms with Crippen molar-refractivity contribution in [1.29, 1.82) is 0 Å². The van der Waals surface area contributed by atoms with Crippen LogP contribution in [0.5, 0.6) is 11.5 Å². The highest BCUT2D eigenvalue weighted by Crippen LogP contribution is 2.33. The highest BCUT2D eigenvalue weighted by molar-refractivity contribution is 5.86. The van der Waals surface area contributed by atoms with Crippen LogP contribution in [0.2, 0.25) is 0 Å². The highest BCUT2D eigenvalue weighted by atomic mass is 16.6. The molecule has 0 unspecified atom stereocenters. The lowest BCUT2D eigenvalue weighted by Crippen LogP contribution is -2.13. The fourth-order valence-corrected chi connectivity index (χ4v) is 2.64. The number of ether oxygens (including phenoxy) is 3. The Morgan fingerprint density at radius 1 is 0.964 bits per heavy atom. The first-order chi connectivity index (χ1) is 13.5. The second-order valence-electron chi connectivity index (χ2n) is 6.45. The number of carbonyl (C=O) groups is 1. The molecule has 2 aromatic carbocycles. The van der Waals surface area contributed by atoms with Gasteiger partial charge in [0.25, 0.3) is 0 Å².